The van der Waals surface area contributed by atoms with E-state index in [1.54, 1.807) is 17.0 Å². The molecule has 1 aliphatic rings. The van der Waals surface area contributed by atoms with Gasteiger partial charge in [-0.15, -0.1) is 0 Å². The maximum Gasteiger partial charge on any atom is 0.255 e. The highest BCUT2D eigenvalue weighted by molar-refractivity contribution is 9.10. The Morgan fingerprint density at radius 2 is 2.10 bits per heavy atom. The van der Waals surface area contributed by atoms with Crippen molar-refractivity contribution in [2.75, 3.05) is 33.7 Å². The van der Waals surface area contributed by atoms with Crippen LogP contribution in [-0.2, 0) is 0 Å². The van der Waals surface area contributed by atoms with Crippen molar-refractivity contribution in [3.8, 4) is 0 Å². The summed E-state index contributed by atoms with van der Waals surface area (Å²) in [5.74, 6) is 0.585. The number of halogens is 2. The summed E-state index contributed by atoms with van der Waals surface area (Å²) < 4.78 is 0.873. The zero-order valence-corrected chi connectivity index (χ0v) is 14.2. The first kappa shape index (κ1) is 15.8. The molecule has 0 saturated carbocycles. The third-order valence-electron chi connectivity index (χ3n) is 3.88. The van der Waals surface area contributed by atoms with E-state index in [1.165, 1.54) is 0 Å². The molecule has 3 nitrogen and oxygen atoms in total. The molecule has 0 atom stereocenters. The van der Waals surface area contributed by atoms with Crippen molar-refractivity contribution < 1.29 is 4.79 Å². The minimum absolute atomic E-state index is 0.00442. The van der Waals surface area contributed by atoms with Gasteiger partial charge < -0.3 is 9.80 Å². The summed E-state index contributed by atoms with van der Waals surface area (Å²) in [5, 5.41) is 0.508. The van der Waals surface area contributed by atoms with Gasteiger partial charge >= 0.3 is 0 Å². The number of likely N-dealkylation sites (tertiary alicyclic amines) is 1. The second-order valence-electron chi connectivity index (χ2n) is 5.56. The predicted octanol–water partition coefficient (Wildman–Crippen LogP) is 3.52. The van der Waals surface area contributed by atoms with Gasteiger partial charge in [-0.2, -0.15) is 0 Å². The maximum absolute atomic E-state index is 12.5. The standard InChI is InChI=1S/C15H20BrClN2O/c1-18-7-5-11(6-8-18)10-19(2)15(20)13-9-12(16)3-4-14(13)17/h3-4,9,11H,5-8,10H2,1-2H3. The molecule has 0 bridgehead atoms. The molecule has 0 N–H and O–H groups in total. The van der Waals surface area contributed by atoms with E-state index in [-0.39, 0.29) is 5.91 Å². The van der Waals surface area contributed by atoms with Gasteiger partial charge in [-0.1, -0.05) is 27.5 Å². The van der Waals surface area contributed by atoms with Crippen LogP contribution in [0.5, 0.6) is 0 Å². The molecule has 0 spiro atoms. The van der Waals surface area contributed by atoms with Crippen LogP contribution in [0.2, 0.25) is 5.02 Å². The number of benzene rings is 1. The van der Waals surface area contributed by atoms with Gasteiger partial charge in [0.15, 0.2) is 0 Å². The van der Waals surface area contributed by atoms with Crippen molar-refractivity contribution in [3.63, 3.8) is 0 Å². The Bertz CT molecular complexity index is 487. The molecule has 20 heavy (non-hydrogen) atoms. The SMILES string of the molecule is CN1CCC(CN(C)C(=O)c2cc(Br)ccc2Cl)CC1. The normalized spacial score (nSPS) is 17.2. The van der Waals surface area contributed by atoms with Gasteiger partial charge in [0.2, 0.25) is 0 Å². The van der Waals surface area contributed by atoms with Crippen molar-refractivity contribution in [3.05, 3.63) is 33.3 Å². The maximum atomic E-state index is 12.5. The highest BCUT2D eigenvalue weighted by Crippen LogP contribution is 2.23. The average Bonchev–Trinajstić information content (AvgIpc) is 2.43. The van der Waals surface area contributed by atoms with Crippen LogP contribution in [0.15, 0.2) is 22.7 Å². The summed E-state index contributed by atoms with van der Waals surface area (Å²) in [6.45, 7) is 3.03. The fourth-order valence-electron chi connectivity index (χ4n) is 2.58. The third-order valence-corrected chi connectivity index (χ3v) is 4.70. The van der Waals surface area contributed by atoms with Gasteiger partial charge in [-0.05, 0) is 57.1 Å². The van der Waals surface area contributed by atoms with Crippen LogP contribution in [-0.4, -0.2) is 49.4 Å². The average molecular weight is 360 g/mol. The molecule has 0 radical (unpaired) electrons. The number of rotatable bonds is 3. The topological polar surface area (TPSA) is 23.6 Å². The summed E-state index contributed by atoms with van der Waals surface area (Å²) in [5.41, 5.74) is 0.566. The van der Waals surface area contributed by atoms with Crippen LogP contribution in [0.4, 0.5) is 0 Å². The van der Waals surface area contributed by atoms with E-state index in [9.17, 15) is 4.79 Å². The van der Waals surface area contributed by atoms with Crippen LogP contribution in [0, 0.1) is 5.92 Å². The van der Waals surface area contributed by atoms with Crippen LogP contribution >= 0.6 is 27.5 Å². The number of carbonyl (C=O) groups excluding carboxylic acids is 1. The molecule has 1 saturated heterocycles. The molecule has 5 heteroatoms. The molecule has 2 rings (SSSR count). The lowest BCUT2D eigenvalue weighted by Crippen LogP contribution is -2.38. The van der Waals surface area contributed by atoms with Crippen molar-refractivity contribution >= 4 is 33.4 Å². The molecule has 1 amide bonds. The minimum Gasteiger partial charge on any atom is -0.341 e. The van der Waals surface area contributed by atoms with Crippen molar-refractivity contribution in [1.29, 1.82) is 0 Å². The number of amides is 1. The number of hydrogen-bond acceptors (Lipinski definition) is 2. The van der Waals surface area contributed by atoms with Crippen LogP contribution in [0.3, 0.4) is 0 Å². The second-order valence-corrected chi connectivity index (χ2v) is 6.88. The first-order chi connectivity index (χ1) is 9.47. The Labute approximate surface area is 134 Å². The molecule has 0 unspecified atom stereocenters. The van der Waals surface area contributed by atoms with E-state index in [0.717, 1.165) is 36.9 Å². The molecule has 0 aliphatic carbocycles. The van der Waals surface area contributed by atoms with Crippen molar-refractivity contribution in [2.45, 2.75) is 12.8 Å². The molecule has 1 aromatic rings. The molecular weight excluding hydrogens is 340 g/mol. The summed E-state index contributed by atoms with van der Waals surface area (Å²) in [6.07, 6.45) is 2.31. The third kappa shape index (κ3) is 3.96. The Balaban J connectivity index is 1.99. The summed E-state index contributed by atoms with van der Waals surface area (Å²) in [7, 11) is 4.00. The number of carbonyl (C=O) groups is 1. The Morgan fingerprint density at radius 3 is 2.75 bits per heavy atom. The number of piperidine rings is 1. The Kier molecular flexibility index (Phi) is 5.47. The zero-order valence-electron chi connectivity index (χ0n) is 11.9. The quantitative estimate of drug-likeness (QED) is 0.824. The van der Waals surface area contributed by atoms with E-state index in [2.05, 4.69) is 27.9 Å². The van der Waals surface area contributed by atoms with E-state index >= 15 is 0 Å². The monoisotopic (exact) mass is 358 g/mol. The Morgan fingerprint density at radius 1 is 1.45 bits per heavy atom. The van der Waals surface area contributed by atoms with Crippen LogP contribution in [0.1, 0.15) is 23.2 Å². The highest BCUT2D eigenvalue weighted by atomic mass is 79.9. The molecular formula is C15H20BrClN2O. The fraction of sp³-hybridized carbons (Fsp3) is 0.533. The lowest BCUT2D eigenvalue weighted by Gasteiger charge is -2.31. The fourth-order valence-corrected chi connectivity index (χ4v) is 3.14. The molecule has 110 valence electrons. The first-order valence-electron chi connectivity index (χ1n) is 6.86. The molecule has 1 aromatic carbocycles. The van der Waals surface area contributed by atoms with E-state index in [1.807, 2.05) is 13.1 Å². The lowest BCUT2D eigenvalue weighted by atomic mass is 9.96. The summed E-state index contributed by atoms with van der Waals surface area (Å²) >= 11 is 9.51. The van der Waals surface area contributed by atoms with Gasteiger partial charge in [0.25, 0.3) is 5.91 Å². The highest BCUT2D eigenvalue weighted by Gasteiger charge is 2.22. The predicted molar refractivity (Wildman–Crippen MR) is 86.3 cm³/mol. The number of nitrogens with zero attached hydrogens (tertiary/aromatic N) is 2. The van der Waals surface area contributed by atoms with Gasteiger partial charge in [0.1, 0.15) is 0 Å². The molecule has 1 heterocycles. The molecule has 1 aliphatic heterocycles. The van der Waals surface area contributed by atoms with Gasteiger partial charge in [-0.3, -0.25) is 4.79 Å². The van der Waals surface area contributed by atoms with E-state index in [0.29, 0.717) is 16.5 Å². The van der Waals surface area contributed by atoms with Crippen LogP contribution in [0.25, 0.3) is 0 Å². The summed E-state index contributed by atoms with van der Waals surface area (Å²) in [6, 6.07) is 5.38. The van der Waals surface area contributed by atoms with Gasteiger partial charge in [0.05, 0.1) is 10.6 Å². The smallest absolute Gasteiger partial charge is 0.255 e. The molecule has 0 aromatic heterocycles. The second kappa shape index (κ2) is 6.92. The van der Waals surface area contributed by atoms with Gasteiger partial charge in [-0.25, -0.2) is 0 Å². The largest absolute Gasteiger partial charge is 0.341 e. The Hall–Kier alpha value is -0.580. The van der Waals surface area contributed by atoms with Crippen molar-refractivity contribution in [1.82, 2.24) is 9.80 Å². The lowest BCUT2D eigenvalue weighted by molar-refractivity contribution is 0.0747. The van der Waals surface area contributed by atoms with E-state index in [4.69, 9.17) is 11.6 Å². The molecule has 1 fully saturated rings. The van der Waals surface area contributed by atoms with Crippen molar-refractivity contribution in [2.24, 2.45) is 5.92 Å². The first-order valence-corrected chi connectivity index (χ1v) is 8.03. The van der Waals surface area contributed by atoms with E-state index < -0.39 is 0 Å². The zero-order chi connectivity index (χ0) is 14.7. The summed E-state index contributed by atoms with van der Waals surface area (Å²) in [4.78, 5) is 16.6. The minimum atomic E-state index is -0.00442. The van der Waals surface area contributed by atoms with Crippen LogP contribution < -0.4 is 0 Å². The number of hydrogen-bond donors (Lipinski definition) is 0. The van der Waals surface area contributed by atoms with Gasteiger partial charge in [0, 0.05) is 18.1 Å².